The van der Waals surface area contributed by atoms with E-state index in [0.29, 0.717) is 6.42 Å². The number of hydrogen-bond donors (Lipinski definition) is 1. The lowest BCUT2D eigenvalue weighted by molar-refractivity contribution is -0.124. The molecule has 5 nitrogen and oxygen atoms in total. The number of halogens is 1. The van der Waals surface area contributed by atoms with Crippen LogP contribution in [0.15, 0.2) is 36.9 Å². The van der Waals surface area contributed by atoms with E-state index in [4.69, 9.17) is 11.6 Å². The van der Waals surface area contributed by atoms with Gasteiger partial charge in [0.25, 0.3) is 0 Å². The van der Waals surface area contributed by atoms with Crippen molar-refractivity contribution in [2.45, 2.75) is 32.4 Å². The second-order valence-electron chi connectivity index (χ2n) is 4.76. The zero-order chi connectivity index (χ0) is 14.5. The van der Waals surface area contributed by atoms with E-state index in [-0.39, 0.29) is 18.0 Å². The van der Waals surface area contributed by atoms with Crippen LogP contribution in [0.25, 0.3) is 0 Å². The highest BCUT2D eigenvalue weighted by Crippen LogP contribution is 2.16. The minimum absolute atomic E-state index is 0.00614. The Morgan fingerprint density at radius 2 is 2.15 bits per heavy atom. The first kappa shape index (κ1) is 14.5. The van der Waals surface area contributed by atoms with Gasteiger partial charge in [-0.1, -0.05) is 29.8 Å². The van der Waals surface area contributed by atoms with Crippen molar-refractivity contribution in [3.05, 3.63) is 47.5 Å². The van der Waals surface area contributed by atoms with Crippen molar-refractivity contribution < 1.29 is 4.79 Å². The van der Waals surface area contributed by atoms with Crippen molar-refractivity contribution in [2.75, 3.05) is 0 Å². The molecule has 0 aliphatic rings. The minimum atomic E-state index is -0.383. The van der Waals surface area contributed by atoms with Crippen LogP contribution in [0.3, 0.4) is 0 Å². The molecule has 0 unspecified atom stereocenters. The lowest BCUT2D eigenvalue weighted by Crippen LogP contribution is -2.38. The van der Waals surface area contributed by atoms with Gasteiger partial charge in [-0.15, -0.1) is 0 Å². The lowest BCUT2D eigenvalue weighted by atomic mass is 10.1. The summed E-state index contributed by atoms with van der Waals surface area (Å²) >= 11 is 6.11. The molecule has 20 heavy (non-hydrogen) atoms. The van der Waals surface area contributed by atoms with Gasteiger partial charge in [0.2, 0.25) is 5.91 Å². The van der Waals surface area contributed by atoms with Gasteiger partial charge in [-0.2, -0.15) is 5.10 Å². The van der Waals surface area contributed by atoms with E-state index in [0.717, 1.165) is 10.6 Å². The number of nitrogens with zero attached hydrogens (tertiary/aromatic N) is 3. The fourth-order valence-electron chi connectivity index (χ4n) is 1.95. The normalized spacial score (nSPS) is 13.8. The topological polar surface area (TPSA) is 59.8 Å². The van der Waals surface area contributed by atoms with Crippen LogP contribution < -0.4 is 5.32 Å². The maximum Gasteiger partial charge on any atom is 0.244 e. The second kappa shape index (κ2) is 6.52. The third-order valence-electron chi connectivity index (χ3n) is 3.09. The molecular weight excluding hydrogens is 276 g/mol. The van der Waals surface area contributed by atoms with Crippen molar-refractivity contribution in [3.63, 3.8) is 0 Å². The van der Waals surface area contributed by atoms with Crippen molar-refractivity contribution in [1.82, 2.24) is 20.1 Å². The Balaban J connectivity index is 1.93. The molecule has 1 amide bonds. The average Bonchev–Trinajstić information content (AvgIpc) is 2.94. The first-order valence-electron chi connectivity index (χ1n) is 6.46. The van der Waals surface area contributed by atoms with Crippen LogP contribution in [0.4, 0.5) is 0 Å². The maximum atomic E-state index is 12.1. The predicted molar refractivity (Wildman–Crippen MR) is 77.5 cm³/mol. The third kappa shape index (κ3) is 3.57. The van der Waals surface area contributed by atoms with Crippen LogP contribution in [-0.4, -0.2) is 26.7 Å². The summed E-state index contributed by atoms with van der Waals surface area (Å²) in [7, 11) is 0. The summed E-state index contributed by atoms with van der Waals surface area (Å²) in [5.74, 6) is -0.0879. The summed E-state index contributed by atoms with van der Waals surface area (Å²) in [5.41, 5.74) is 1.02. The first-order valence-corrected chi connectivity index (χ1v) is 6.83. The van der Waals surface area contributed by atoms with E-state index in [1.807, 2.05) is 31.2 Å². The van der Waals surface area contributed by atoms with Gasteiger partial charge < -0.3 is 5.32 Å². The molecule has 106 valence electrons. The van der Waals surface area contributed by atoms with Gasteiger partial charge in [-0.25, -0.2) is 9.67 Å². The van der Waals surface area contributed by atoms with Gasteiger partial charge >= 0.3 is 0 Å². The van der Waals surface area contributed by atoms with Gasteiger partial charge in [0, 0.05) is 11.1 Å². The molecule has 1 heterocycles. The molecule has 0 saturated carbocycles. The van der Waals surface area contributed by atoms with E-state index in [2.05, 4.69) is 15.4 Å². The fourth-order valence-corrected chi connectivity index (χ4v) is 2.16. The molecule has 6 heteroatoms. The van der Waals surface area contributed by atoms with E-state index in [9.17, 15) is 4.79 Å². The molecule has 0 spiro atoms. The van der Waals surface area contributed by atoms with Crippen molar-refractivity contribution >= 4 is 17.5 Å². The van der Waals surface area contributed by atoms with Gasteiger partial charge in [-0.05, 0) is 31.9 Å². The Hall–Kier alpha value is -1.88. The summed E-state index contributed by atoms with van der Waals surface area (Å²) < 4.78 is 1.53. The Bertz CT molecular complexity index is 570. The number of aromatic nitrogens is 3. The Labute approximate surface area is 123 Å². The highest BCUT2D eigenvalue weighted by atomic mass is 35.5. The molecule has 0 fully saturated rings. The Morgan fingerprint density at radius 3 is 2.80 bits per heavy atom. The highest BCUT2D eigenvalue weighted by molar-refractivity contribution is 6.31. The number of carbonyl (C=O) groups is 1. The zero-order valence-electron chi connectivity index (χ0n) is 11.5. The number of benzene rings is 1. The predicted octanol–water partition coefficient (Wildman–Crippen LogP) is 2.24. The molecule has 2 aromatic rings. The molecule has 1 aromatic heterocycles. The van der Waals surface area contributed by atoms with Crippen molar-refractivity contribution in [3.8, 4) is 0 Å². The third-order valence-corrected chi connectivity index (χ3v) is 3.45. The van der Waals surface area contributed by atoms with Crippen molar-refractivity contribution in [2.24, 2.45) is 0 Å². The van der Waals surface area contributed by atoms with Crippen LogP contribution in [0.1, 0.15) is 25.5 Å². The maximum absolute atomic E-state index is 12.1. The highest BCUT2D eigenvalue weighted by Gasteiger charge is 2.17. The Kier molecular flexibility index (Phi) is 4.74. The molecule has 0 bridgehead atoms. The summed E-state index contributed by atoms with van der Waals surface area (Å²) in [5, 5.41) is 7.64. The molecule has 1 aromatic carbocycles. The number of carbonyl (C=O) groups excluding carboxylic acids is 1. The van der Waals surface area contributed by atoms with E-state index >= 15 is 0 Å². The largest absolute Gasteiger partial charge is 0.351 e. The fraction of sp³-hybridized carbons (Fsp3) is 0.357. The number of amides is 1. The van der Waals surface area contributed by atoms with Crippen molar-refractivity contribution in [1.29, 1.82) is 0 Å². The van der Waals surface area contributed by atoms with Crippen LogP contribution in [0, 0.1) is 0 Å². The number of nitrogens with one attached hydrogen (secondary N) is 1. The molecular formula is C14H17ClN4O. The van der Waals surface area contributed by atoms with Crippen LogP contribution in [-0.2, 0) is 11.2 Å². The first-order chi connectivity index (χ1) is 9.58. The van der Waals surface area contributed by atoms with Crippen LogP contribution in [0.2, 0.25) is 5.02 Å². The quantitative estimate of drug-likeness (QED) is 0.919. The molecule has 2 rings (SSSR count). The van der Waals surface area contributed by atoms with E-state index in [1.54, 1.807) is 6.92 Å². The van der Waals surface area contributed by atoms with E-state index in [1.165, 1.54) is 17.3 Å². The summed E-state index contributed by atoms with van der Waals surface area (Å²) in [6.07, 6.45) is 3.63. The monoisotopic (exact) mass is 292 g/mol. The summed E-state index contributed by atoms with van der Waals surface area (Å²) in [4.78, 5) is 15.9. The summed E-state index contributed by atoms with van der Waals surface area (Å²) in [6.45, 7) is 3.74. The molecule has 2 atom stereocenters. The lowest BCUT2D eigenvalue weighted by Gasteiger charge is -2.18. The molecule has 1 N–H and O–H groups in total. The van der Waals surface area contributed by atoms with Gasteiger partial charge in [-0.3, -0.25) is 4.79 Å². The number of rotatable bonds is 5. The zero-order valence-corrected chi connectivity index (χ0v) is 12.2. The Morgan fingerprint density at radius 1 is 1.40 bits per heavy atom. The van der Waals surface area contributed by atoms with Crippen LogP contribution in [0.5, 0.6) is 0 Å². The standard InChI is InChI=1S/C14H17ClN4O/c1-10(7-12-5-3-4-6-13(12)15)18-14(20)11(2)19-9-16-8-17-19/h3-6,8-11H,7H2,1-2H3,(H,18,20)/t10-,11-/m0/s1. The molecule has 0 radical (unpaired) electrons. The smallest absolute Gasteiger partial charge is 0.244 e. The van der Waals surface area contributed by atoms with Crippen LogP contribution >= 0.6 is 11.6 Å². The average molecular weight is 293 g/mol. The minimum Gasteiger partial charge on any atom is -0.351 e. The second-order valence-corrected chi connectivity index (χ2v) is 5.16. The summed E-state index contributed by atoms with van der Waals surface area (Å²) in [6, 6.07) is 7.25. The SMILES string of the molecule is C[C@@H](Cc1ccccc1Cl)NC(=O)[C@H](C)n1cncn1. The van der Waals surface area contributed by atoms with Gasteiger partial charge in [0.15, 0.2) is 0 Å². The molecule has 0 saturated heterocycles. The molecule has 0 aliphatic heterocycles. The molecule has 0 aliphatic carbocycles. The van der Waals surface area contributed by atoms with Gasteiger partial charge in [0.1, 0.15) is 18.7 Å². The van der Waals surface area contributed by atoms with Gasteiger partial charge in [0.05, 0.1) is 0 Å². The number of hydrogen-bond acceptors (Lipinski definition) is 3. The van der Waals surface area contributed by atoms with E-state index < -0.39 is 0 Å².